The van der Waals surface area contributed by atoms with Crippen molar-refractivity contribution in [1.29, 1.82) is 0 Å². The van der Waals surface area contributed by atoms with Crippen LogP contribution in [0.25, 0.3) is 9.81 Å². The summed E-state index contributed by atoms with van der Waals surface area (Å²) in [7, 11) is 0. The summed E-state index contributed by atoms with van der Waals surface area (Å²) in [5.74, 6) is 0.983. The van der Waals surface area contributed by atoms with E-state index in [0.717, 1.165) is 27.5 Å². The Kier molecular flexibility index (Phi) is 5.03. The molecule has 2 aromatic rings. The fraction of sp³-hybridized carbons (Fsp3) is 0.350. The lowest BCUT2D eigenvalue weighted by Crippen LogP contribution is -2.16. The van der Waals surface area contributed by atoms with E-state index in [4.69, 9.17) is 14.0 Å². The second kappa shape index (κ2) is 7.60. The Labute approximate surface area is 162 Å². The van der Waals surface area contributed by atoms with E-state index in [1.54, 1.807) is 18.0 Å². The molecule has 6 nitrogen and oxygen atoms in total. The summed E-state index contributed by atoms with van der Waals surface area (Å²) in [4.78, 5) is 16.5. The van der Waals surface area contributed by atoms with E-state index in [0.29, 0.717) is 30.6 Å². The van der Waals surface area contributed by atoms with Gasteiger partial charge in [0.25, 0.3) is 0 Å². The number of nitrogens with zero attached hydrogens (tertiary/aromatic N) is 3. The Morgan fingerprint density at radius 1 is 1.33 bits per heavy atom. The van der Waals surface area contributed by atoms with Crippen molar-refractivity contribution in [3.8, 4) is 5.95 Å². The minimum Gasteiger partial charge on any atom is -0.463 e. The monoisotopic (exact) mass is 383 g/mol. The van der Waals surface area contributed by atoms with Crippen LogP contribution in [0.3, 0.4) is 0 Å². The van der Waals surface area contributed by atoms with Crippen LogP contribution in [0.5, 0.6) is 5.95 Å². The Hall–Kier alpha value is -2.54. The third-order valence-electron chi connectivity index (χ3n) is 4.15. The van der Waals surface area contributed by atoms with Crippen molar-refractivity contribution in [2.45, 2.75) is 39.7 Å². The van der Waals surface area contributed by atoms with Gasteiger partial charge in [-0.1, -0.05) is 34.6 Å². The second-order valence-corrected chi connectivity index (χ2v) is 7.72. The van der Waals surface area contributed by atoms with E-state index in [9.17, 15) is 0 Å². The molecule has 27 heavy (non-hydrogen) atoms. The smallest absolute Gasteiger partial charge is 0.315 e. The summed E-state index contributed by atoms with van der Waals surface area (Å²) in [5, 5.41) is 4.24. The Morgan fingerprint density at radius 3 is 3.00 bits per heavy atom. The molecular weight excluding hydrogens is 362 g/mol. The Balaban J connectivity index is 1.63. The standard InChI is InChI=1S/C20H21N3O3S/c1-12(2)26-23-15-8-10-24-20-17(15)22-19(25-20)18-13(3)6-7-16(27-18)14-5-4-9-21-11-14/h4-5,7,9,11-12H,6,8,10H2,1-3H3/b23-15+. The van der Waals surface area contributed by atoms with Gasteiger partial charge in [-0.3, -0.25) is 4.98 Å². The molecule has 0 aliphatic carbocycles. The minimum absolute atomic E-state index is 0.0150. The molecule has 0 atom stereocenters. The lowest BCUT2D eigenvalue weighted by molar-refractivity contribution is 0.0846. The molecule has 0 fully saturated rings. The van der Waals surface area contributed by atoms with Crippen LogP contribution in [0.2, 0.25) is 0 Å². The molecule has 4 rings (SSSR count). The highest BCUT2D eigenvalue weighted by molar-refractivity contribution is 8.16. The fourth-order valence-corrected chi connectivity index (χ4v) is 3.85. The number of rotatable bonds is 4. The van der Waals surface area contributed by atoms with Gasteiger partial charge in [0.1, 0.15) is 11.8 Å². The molecule has 4 heterocycles. The SMILES string of the molecule is CC1=C(c2nc3c(o2)OCC/C3=N\OC(C)C)SC(c2cccnc2)=CC1. The summed E-state index contributed by atoms with van der Waals surface area (Å²) >= 11 is 1.65. The van der Waals surface area contributed by atoms with E-state index >= 15 is 0 Å². The molecular formula is C20H21N3O3S. The molecule has 0 amide bonds. The summed E-state index contributed by atoms with van der Waals surface area (Å²) in [5.41, 5.74) is 3.70. The summed E-state index contributed by atoms with van der Waals surface area (Å²) < 4.78 is 11.6. The molecule has 0 bridgehead atoms. The number of allylic oxidation sites excluding steroid dienone is 2. The maximum absolute atomic E-state index is 5.95. The highest BCUT2D eigenvalue weighted by Crippen LogP contribution is 2.46. The first-order chi connectivity index (χ1) is 13.1. The normalized spacial score (nSPS) is 18.4. The van der Waals surface area contributed by atoms with Gasteiger partial charge in [0.15, 0.2) is 5.69 Å². The van der Waals surface area contributed by atoms with Crippen molar-refractivity contribution < 1.29 is 14.0 Å². The number of oxazole rings is 1. The van der Waals surface area contributed by atoms with E-state index in [1.165, 1.54) is 5.57 Å². The molecule has 2 aliphatic rings. The molecule has 140 valence electrons. The third kappa shape index (κ3) is 3.78. The van der Waals surface area contributed by atoms with Gasteiger partial charge >= 0.3 is 5.95 Å². The van der Waals surface area contributed by atoms with Crippen LogP contribution in [0.4, 0.5) is 0 Å². The number of oxime groups is 1. The number of thioether (sulfide) groups is 1. The first-order valence-electron chi connectivity index (χ1n) is 8.97. The molecule has 0 aromatic carbocycles. The zero-order valence-corrected chi connectivity index (χ0v) is 16.4. The predicted octanol–water partition coefficient (Wildman–Crippen LogP) is 4.89. The van der Waals surface area contributed by atoms with Gasteiger partial charge in [-0.05, 0) is 33.3 Å². The summed E-state index contributed by atoms with van der Waals surface area (Å²) in [6, 6.07) is 4.00. The van der Waals surface area contributed by atoms with Gasteiger partial charge in [-0.2, -0.15) is 0 Å². The lowest BCUT2D eigenvalue weighted by Gasteiger charge is -2.16. The summed E-state index contributed by atoms with van der Waals surface area (Å²) in [6.07, 6.45) is 7.37. The third-order valence-corrected chi connectivity index (χ3v) is 5.50. The predicted molar refractivity (Wildman–Crippen MR) is 106 cm³/mol. The molecule has 7 heteroatoms. The number of fused-ring (bicyclic) bond motifs is 1. The van der Waals surface area contributed by atoms with E-state index < -0.39 is 0 Å². The van der Waals surface area contributed by atoms with Crippen molar-refractivity contribution in [1.82, 2.24) is 9.97 Å². The van der Waals surface area contributed by atoms with Gasteiger partial charge in [0, 0.05) is 29.3 Å². The summed E-state index contributed by atoms with van der Waals surface area (Å²) in [6.45, 7) is 6.49. The highest BCUT2D eigenvalue weighted by atomic mass is 32.2. The second-order valence-electron chi connectivity index (χ2n) is 6.67. The van der Waals surface area contributed by atoms with Crippen LogP contribution in [-0.2, 0) is 4.84 Å². The van der Waals surface area contributed by atoms with Crippen LogP contribution < -0.4 is 4.74 Å². The fourth-order valence-electron chi connectivity index (χ4n) is 2.79. The largest absolute Gasteiger partial charge is 0.463 e. The molecule has 0 radical (unpaired) electrons. The molecule has 0 saturated carbocycles. The molecule has 2 aliphatic heterocycles. The Morgan fingerprint density at radius 2 is 2.22 bits per heavy atom. The maximum Gasteiger partial charge on any atom is 0.315 e. The quantitative estimate of drug-likeness (QED) is 0.700. The van der Waals surface area contributed by atoms with Crippen LogP contribution in [0.15, 0.2) is 45.7 Å². The first kappa shape index (κ1) is 17.9. The number of aromatic nitrogens is 2. The zero-order chi connectivity index (χ0) is 18.8. The van der Waals surface area contributed by atoms with Crippen molar-refractivity contribution >= 4 is 27.3 Å². The van der Waals surface area contributed by atoms with E-state index in [1.807, 2.05) is 26.1 Å². The number of hydrogen-bond donors (Lipinski definition) is 0. The van der Waals surface area contributed by atoms with Crippen LogP contribution in [0.1, 0.15) is 50.8 Å². The number of ether oxygens (including phenoxy) is 1. The Bertz CT molecular complexity index is 929. The number of hydrogen-bond acceptors (Lipinski definition) is 7. The average Bonchev–Trinajstić information content (AvgIpc) is 3.12. The van der Waals surface area contributed by atoms with Gasteiger partial charge in [-0.25, -0.2) is 4.98 Å². The highest BCUT2D eigenvalue weighted by Gasteiger charge is 2.28. The van der Waals surface area contributed by atoms with Gasteiger partial charge in [-0.15, -0.1) is 0 Å². The zero-order valence-electron chi connectivity index (χ0n) is 15.6. The van der Waals surface area contributed by atoms with Crippen LogP contribution in [0, 0.1) is 0 Å². The van der Waals surface area contributed by atoms with Crippen molar-refractivity contribution in [3.05, 3.63) is 53.3 Å². The minimum atomic E-state index is 0.0150. The van der Waals surface area contributed by atoms with Crippen LogP contribution in [-0.4, -0.2) is 28.4 Å². The maximum atomic E-state index is 5.95. The molecule has 0 unspecified atom stereocenters. The molecule has 2 aromatic heterocycles. The lowest BCUT2D eigenvalue weighted by atomic mass is 10.1. The average molecular weight is 383 g/mol. The van der Waals surface area contributed by atoms with Gasteiger partial charge in [0.2, 0.25) is 5.89 Å². The molecule has 0 N–H and O–H groups in total. The first-order valence-corrected chi connectivity index (χ1v) is 9.78. The van der Waals surface area contributed by atoms with Crippen molar-refractivity contribution in [2.75, 3.05) is 6.61 Å². The van der Waals surface area contributed by atoms with Gasteiger partial charge in [0.05, 0.1) is 11.5 Å². The van der Waals surface area contributed by atoms with Gasteiger partial charge < -0.3 is 14.0 Å². The van der Waals surface area contributed by atoms with Crippen LogP contribution >= 0.6 is 11.8 Å². The van der Waals surface area contributed by atoms with Crippen molar-refractivity contribution in [3.63, 3.8) is 0 Å². The van der Waals surface area contributed by atoms with Crippen molar-refractivity contribution in [2.24, 2.45) is 5.16 Å². The van der Waals surface area contributed by atoms with E-state index in [-0.39, 0.29) is 6.10 Å². The van der Waals surface area contributed by atoms with E-state index in [2.05, 4.69) is 34.2 Å². The topological polar surface area (TPSA) is 69.7 Å². The molecule has 0 spiro atoms. The molecule has 0 saturated heterocycles. The number of pyridine rings is 1.